The Balaban J connectivity index is 0.00000392. The average Bonchev–Trinajstić information content (AvgIpc) is 2.66. The normalized spacial score (nSPS) is 12.8. The molecule has 0 heterocycles. The molecule has 2 aromatic carbocycles. The van der Waals surface area contributed by atoms with E-state index in [9.17, 15) is 4.79 Å². The summed E-state index contributed by atoms with van der Waals surface area (Å²) in [6.45, 7) is 5.10. The van der Waals surface area contributed by atoms with Crippen molar-refractivity contribution in [3.63, 3.8) is 0 Å². The maximum Gasteiger partial charge on any atom is 0.235 e. The molecule has 1 N–H and O–H groups in total. The Morgan fingerprint density at radius 1 is 0.964 bits per heavy atom. The van der Waals surface area contributed by atoms with E-state index in [1.165, 1.54) is 0 Å². The van der Waals surface area contributed by atoms with Gasteiger partial charge in [-0.1, -0.05) is 74.0 Å². The van der Waals surface area contributed by atoms with Crippen molar-refractivity contribution in [1.29, 1.82) is 0 Å². The first kappa shape index (κ1) is 24.4. The second kappa shape index (κ2) is 10.8. The number of rotatable bonds is 9. The van der Waals surface area contributed by atoms with Gasteiger partial charge in [0, 0.05) is 13.0 Å². The number of carbonyl (C=O) groups excluding carboxylic acids is 1. The molecule has 1 amide bonds. The Labute approximate surface area is 181 Å². The van der Waals surface area contributed by atoms with E-state index < -0.39 is 5.41 Å². The van der Waals surface area contributed by atoms with Crippen LogP contribution in [0.5, 0.6) is 0 Å². The zero-order chi connectivity index (χ0) is 19.9. The molecule has 0 spiro atoms. The molecule has 0 saturated heterocycles. The average molecular weight is 447 g/mol. The van der Waals surface area contributed by atoms with Gasteiger partial charge in [0.15, 0.2) is 0 Å². The van der Waals surface area contributed by atoms with Gasteiger partial charge in [-0.25, -0.2) is 0 Å². The third kappa shape index (κ3) is 5.68. The minimum atomic E-state index is -0.693. The molecule has 154 valence electrons. The lowest BCUT2D eigenvalue weighted by atomic mass is 9.69. The molecule has 0 fully saturated rings. The summed E-state index contributed by atoms with van der Waals surface area (Å²) in [5, 5.41) is 3.23. The molecule has 0 aromatic heterocycles. The van der Waals surface area contributed by atoms with Crippen molar-refractivity contribution < 1.29 is 26.3 Å². The maximum atomic E-state index is 13.7. The Bertz CT molecular complexity index is 671. The standard InChI is InChI=1S/C24H34N2O.BrH/c1-6-7-18-25-23(27)24(19-20(2)26(3,4)5,21-14-10-8-11-15-21)22-16-12-9-13-17-22;/h8-17,20H,6-7,18-19H2,1-5H3;1H. The van der Waals surface area contributed by atoms with Crippen LogP contribution in [0.3, 0.4) is 0 Å². The molecule has 28 heavy (non-hydrogen) atoms. The first-order chi connectivity index (χ1) is 12.8. The Morgan fingerprint density at radius 3 is 1.82 bits per heavy atom. The summed E-state index contributed by atoms with van der Waals surface area (Å²) in [4.78, 5) is 13.7. The van der Waals surface area contributed by atoms with Gasteiger partial charge in [-0.2, -0.15) is 0 Å². The monoisotopic (exact) mass is 446 g/mol. The second-order valence-corrected chi connectivity index (χ2v) is 8.42. The number of unbranched alkanes of at least 4 members (excludes halogenated alkanes) is 1. The van der Waals surface area contributed by atoms with E-state index in [-0.39, 0.29) is 22.9 Å². The SMILES string of the molecule is CCCCNC(=O)C(CC(C)[N+](C)(C)C)(c1ccccc1)c1ccccc1.[Br-]. The largest absolute Gasteiger partial charge is 1.00 e. The van der Waals surface area contributed by atoms with Crippen LogP contribution < -0.4 is 22.3 Å². The van der Waals surface area contributed by atoms with E-state index in [1.807, 2.05) is 36.4 Å². The molecule has 2 aromatic rings. The van der Waals surface area contributed by atoms with Crippen LogP contribution in [-0.2, 0) is 10.2 Å². The number of halogens is 1. The fourth-order valence-corrected chi connectivity index (χ4v) is 3.45. The van der Waals surface area contributed by atoms with Crippen LogP contribution in [0.2, 0.25) is 0 Å². The topological polar surface area (TPSA) is 29.1 Å². The number of amides is 1. The lowest BCUT2D eigenvalue weighted by Gasteiger charge is -2.40. The predicted octanol–water partition coefficient (Wildman–Crippen LogP) is 1.38. The summed E-state index contributed by atoms with van der Waals surface area (Å²) >= 11 is 0. The van der Waals surface area contributed by atoms with Crippen LogP contribution in [0.1, 0.15) is 44.2 Å². The van der Waals surface area contributed by atoms with Crippen molar-refractivity contribution in [3.8, 4) is 0 Å². The highest BCUT2D eigenvalue weighted by molar-refractivity contribution is 5.92. The van der Waals surface area contributed by atoms with Gasteiger partial charge in [-0.3, -0.25) is 4.79 Å². The summed E-state index contributed by atoms with van der Waals surface area (Å²) < 4.78 is 0.809. The van der Waals surface area contributed by atoms with Crippen molar-refractivity contribution in [3.05, 3.63) is 71.8 Å². The van der Waals surface area contributed by atoms with Crippen LogP contribution >= 0.6 is 0 Å². The summed E-state index contributed by atoms with van der Waals surface area (Å²) in [6.07, 6.45) is 2.82. The molecule has 0 aliphatic rings. The maximum absolute atomic E-state index is 13.7. The minimum absolute atomic E-state index is 0. The van der Waals surface area contributed by atoms with Crippen LogP contribution in [-0.4, -0.2) is 44.1 Å². The highest BCUT2D eigenvalue weighted by atomic mass is 79.9. The van der Waals surface area contributed by atoms with E-state index in [4.69, 9.17) is 0 Å². The highest BCUT2D eigenvalue weighted by Crippen LogP contribution is 2.38. The molecule has 2 rings (SSSR count). The van der Waals surface area contributed by atoms with Crippen molar-refractivity contribution in [2.45, 2.75) is 44.6 Å². The van der Waals surface area contributed by atoms with E-state index in [0.29, 0.717) is 6.04 Å². The first-order valence-corrected chi connectivity index (χ1v) is 10.0. The van der Waals surface area contributed by atoms with E-state index in [1.54, 1.807) is 0 Å². The predicted molar refractivity (Wildman–Crippen MR) is 114 cm³/mol. The van der Waals surface area contributed by atoms with Gasteiger partial charge >= 0.3 is 0 Å². The zero-order valence-corrected chi connectivity index (χ0v) is 19.5. The van der Waals surface area contributed by atoms with E-state index in [2.05, 4.69) is 64.6 Å². The Kier molecular flexibility index (Phi) is 9.38. The molecule has 0 radical (unpaired) electrons. The molecule has 0 saturated carbocycles. The minimum Gasteiger partial charge on any atom is -1.00 e. The number of hydrogen-bond acceptors (Lipinski definition) is 1. The molecule has 0 aliphatic heterocycles. The van der Waals surface area contributed by atoms with Gasteiger partial charge in [0.25, 0.3) is 0 Å². The molecular formula is C24H35BrN2O. The van der Waals surface area contributed by atoms with Gasteiger partial charge in [0.05, 0.1) is 27.2 Å². The number of nitrogens with zero attached hydrogens (tertiary/aromatic N) is 1. The third-order valence-electron chi connectivity index (χ3n) is 5.66. The van der Waals surface area contributed by atoms with Crippen molar-refractivity contribution in [2.75, 3.05) is 27.7 Å². The number of quaternary nitrogens is 1. The summed E-state index contributed by atoms with van der Waals surface area (Å²) in [7, 11) is 6.58. The van der Waals surface area contributed by atoms with E-state index in [0.717, 1.165) is 41.4 Å². The van der Waals surface area contributed by atoms with Gasteiger partial charge in [-0.15, -0.1) is 0 Å². The molecular weight excluding hydrogens is 412 g/mol. The second-order valence-electron chi connectivity index (χ2n) is 8.42. The quantitative estimate of drug-likeness (QED) is 0.457. The third-order valence-corrected chi connectivity index (χ3v) is 5.66. The lowest BCUT2D eigenvalue weighted by Crippen LogP contribution is -3.00. The van der Waals surface area contributed by atoms with Crippen molar-refractivity contribution in [2.24, 2.45) is 0 Å². The smallest absolute Gasteiger partial charge is 0.235 e. The van der Waals surface area contributed by atoms with E-state index >= 15 is 0 Å². The van der Waals surface area contributed by atoms with Crippen LogP contribution in [0.15, 0.2) is 60.7 Å². The molecule has 4 heteroatoms. The van der Waals surface area contributed by atoms with Crippen LogP contribution in [0.25, 0.3) is 0 Å². The molecule has 0 bridgehead atoms. The number of hydrogen-bond donors (Lipinski definition) is 1. The Morgan fingerprint density at radius 2 is 1.43 bits per heavy atom. The number of benzene rings is 2. The number of nitrogens with one attached hydrogen (secondary N) is 1. The lowest BCUT2D eigenvalue weighted by molar-refractivity contribution is -0.894. The van der Waals surface area contributed by atoms with Crippen molar-refractivity contribution in [1.82, 2.24) is 5.32 Å². The number of carbonyl (C=O) groups is 1. The van der Waals surface area contributed by atoms with Gasteiger partial charge in [0.2, 0.25) is 5.91 Å². The Hall–Kier alpha value is -1.65. The molecule has 3 nitrogen and oxygen atoms in total. The van der Waals surface area contributed by atoms with Crippen molar-refractivity contribution >= 4 is 5.91 Å². The fourth-order valence-electron chi connectivity index (χ4n) is 3.45. The zero-order valence-electron chi connectivity index (χ0n) is 17.9. The first-order valence-electron chi connectivity index (χ1n) is 10.0. The van der Waals surface area contributed by atoms with Gasteiger partial charge in [-0.05, 0) is 24.5 Å². The fraction of sp³-hybridized carbons (Fsp3) is 0.458. The molecule has 0 aliphatic carbocycles. The molecule has 1 atom stereocenters. The summed E-state index contributed by atoms with van der Waals surface area (Å²) in [6, 6.07) is 20.8. The van der Waals surface area contributed by atoms with Gasteiger partial charge in [0.1, 0.15) is 5.41 Å². The summed E-state index contributed by atoms with van der Waals surface area (Å²) in [5.41, 5.74) is 1.43. The van der Waals surface area contributed by atoms with Crippen LogP contribution in [0.4, 0.5) is 0 Å². The highest BCUT2D eigenvalue weighted by Gasteiger charge is 2.45. The van der Waals surface area contributed by atoms with Gasteiger partial charge < -0.3 is 26.8 Å². The van der Waals surface area contributed by atoms with Crippen LogP contribution in [0, 0.1) is 0 Å². The summed E-state index contributed by atoms with van der Waals surface area (Å²) in [5.74, 6) is 0.105. The molecule has 1 unspecified atom stereocenters.